The lowest BCUT2D eigenvalue weighted by Gasteiger charge is -2.35. The topological polar surface area (TPSA) is 38.1 Å². The maximum atomic E-state index is 13.4. The lowest BCUT2D eigenvalue weighted by molar-refractivity contribution is 0.0649. The number of aryl methyl sites for hydroxylation is 1. The molecule has 0 unspecified atom stereocenters. The quantitative estimate of drug-likeness (QED) is 0.702. The summed E-state index contributed by atoms with van der Waals surface area (Å²) < 4.78 is 1.96. The lowest BCUT2D eigenvalue weighted by Crippen LogP contribution is -2.40. The summed E-state index contributed by atoms with van der Waals surface area (Å²) in [5.41, 5.74) is 2.93. The number of imidazole rings is 1. The van der Waals surface area contributed by atoms with Crippen molar-refractivity contribution >= 4 is 17.2 Å². The lowest BCUT2D eigenvalue weighted by atomic mass is 9.97. The number of hydrogen-bond donors (Lipinski definition) is 0. The zero-order valence-electron chi connectivity index (χ0n) is 14.5. The molecule has 0 spiro atoms. The molecule has 1 aromatic carbocycles. The zero-order valence-corrected chi connectivity index (χ0v) is 15.3. The number of benzene rings is 1. The minimum absolute atomic E-state index is 0.0631. The number of carbonyl (C=O) groups is 1. The predicted octanol–water partition coefficient (Wildman–Crippen LogP) is 4.39. The number of aromatic nitrogens is 2. The maximum Gasteiger partial charge on any atom is 0.273 e. The van der Waals surface area contributed by atoms with E-state index < -0.39 is 0 Å². The molecule has 0 saturated heterocycles. The number of thiophene rings is 1. The van der Waals surface area contributed by atoms with Crippen molar-refractivity contribution in [1.82, 2.24) is 14.5 Å². The summed E-state index contributed by atoms with van der Waals surface area (Å²) in [7, 11) is 0. The minimum Gasteiger partial charge on any atom is -0.330 e. The van der Waals surface area contributed by atoms with Gasteiger partial charge in [-0.3, -0.25) is 9.36 Å². The summed E-state index contributed by atoms with van der Waals surface area (Å²) in [5, 5.41) is 2.14. The van der Waals surface area contributed by atoms with Crippen LogP contribution in [0, 0.1) is 6.92 Å². The molecule has 3 aromatic rings. The van der Waals surface area contributed by atoms with Crippen molar-refractivity contribution in [2.45, 2.75) is 32.7 Å². The zero-order chi connectivity index (χ0) is 17.4. The average molecular weight is 351 g/mol. The Morgan fingerprint density at radius 2 is 2.08 bits per heavy atom. The molecule has 128 valence electrons. The van der Waals surface area contributed by atoms with Crippen molar-refractivity contribution in [3.8, 4) is 5.69 Å². The van der Waals surface area contributed by atoms with Gasteiger partial charge in [0.25, 0.3) is 5.91 Å². The van der Waals surface area contributed by atoms with E-state index in [-0.39, 0.29) is 11.9 Å². The van der Waals surface area contributed by atoms with E-state index in [2.05, 4.69) is 23.4 Å². The SMILES string of the molecule is CC[C@H]1c2ccsc2CCN1C(=O)c1cnc(C)n1-c1ccccc1. The van der Waals surface area contributed by atoms with Crippen molar-refractivity contribution < 1.29 is 4.79 Å². The molecule has 0 bridgehead atoms. The third kappa shape index (κ3) is 2.68. The molecule has 0 radical (unpaired) electrons. The van der Waals surface area contributed by atoms with Crippen LogP contribution in [0.2, 0.25) is 0 Å². The summed E-state index contributed by atoms with van der Waals surface area (Å²) in [6.45, 7) is 4.86. The van der Waals surface area contributed by atoms with Crippen LogP contribution in [0.15, 0.2) is 48.0 Å². The fourth-order valence-corrected chi connectivity index (χ4v) is 4.65. The third-order valence-corrected chi connectivity index (χ3v) is 5.91. The molecule has 0 saturated carbocycles. The Kier molecular flexibility index (Phi) is 4.17. The molecule has 4 nitrogen and oxygen atoms in total. The van der Waals surface area contributed by atoms with Crippen LogP contribution < -0.4 is 0 Å². The summed E-state index contributed by atoms with van der Waals surface area (Å²) in [4.78, 5) is 21.2. The number of hydrogen-bond acceptors (Lipinski definition) is 3. The Morgan fingerprint density at radius 3 is 2.84 bits per heavy atom. The second-order valence-corrected chi connectivity index (χ2v) is 7.33. The van der Waals surface area contributed by atoms with Gasteiger partial charge in [0.1, 0.15) is 11.5 Å². The van der Waals surface area contributed by atoms with Crippen molar-refractivity contribution in [3.63, 3.8) is 0 Å². The van der Waals surface area contributed by atoms with Crippen molar-refractivity contribution in [2.75, 3.05) is 6.54 Å². The number of amides is 1. The van der Waals surface area contributed by atoms with Crippen LogP contribution in [0.3, 0.4) is 0 Å². The average Bonchev–Trinajstić information content (AvgIpc) is 3.27. The highest BCUT2D eigenvalue weighted by Gasteiger charge is 2.32. The van der Waals surface area contributed by atoms with Crippen LogP contribution in [0.25, 0.3) is 5.69 Å². The first kappa shape index (κ1) is 16.1. The molecule has 3 heterocycles. The number of para-hydroxylation sites is 1. The fourth-order valence-electron chi connectivity index (χ4n) is 3.73. The van der Waals surface area contributed by atoms with E-state index in [9.17, 15) is 4.79 Å². The van der Waals surface area contributed by atoms with E-state index in [4.69, 9.17) is 0 Å². The first-order valence-corrected chi connectivity index (χ1v) is 9.55. The highest BCUT2D eigenvalue weighted by Crippen LogP contribution is 2.36. The molecule has 0 fully saturated rings. The van der Waals surface area contributed by atoms with E-state index in [0.717, 1.165) is 30.9 Å². The molecule has 5 heteroatoms. The molecule has 2 aromatic heterocycles. The Labute approximate surface area is 151 Å². The molecule has 4 rings (SSSR count). The number of fused-ring (bicyclic) bond motifs is 1. The van der Waals surface area contributed by atoms with E-state index in [0.29, 0.717) is 5.69 Å². The molecule has 0 aliphatic carbocycles. The van der Waals surface area contributed by atoms with Gasteiger partial charge in [-0.05, 0) is 48.9 Å². The van der Waals surface area contributed by atoms with Crippen LogP contribution in [0.1, 0.15) is 46.1 Å². The largest absolute Gasteiger partial charge is 0.330 e. The molecule has 0 N–H and O–H groups in total. The van der Waals surface area contributed by atoms with E-state index in [1.165, 1.54) is 10.4 Å². The standard InChI is InChI=1S/C20H21N3OS/c1-3-17-16-10-12-25-19(16)9-11-22(17)20(24)18-13-21-14(2)23(18)15-7-5-4-6-8-15/h4-8,10,12-13,17H,3,9,11H2,1-2H3/t17-/m0/s1. The molecule has 1 aliphatic rings. The summed E-state index contributed by atoms with van der Waals surface area (Å²) in [6.07, 6.45) is 3.57. The van der Waals surface area contributed by atoms with E-state index >= 15 is 0 Å². The van der Waals surface area contributed by atoms with E-state index in [1.807, 2.05) is 46.7 Å². The van der Waals surface area contributed by atoms with Gasteiger partial charge < -0.3 is 4.90 Å². The molecule has 25 heavy (non-hydrogen) atoms. The molecular weight excluding hydrogens is 330 g/mol. The van der Waals surface area contributed by atoms with Crippen LogP contribution in [-0.2, 0) is 6.42 Å². The normalized spacial score (nSPS) is 16.7. The fraction of sp³-hybridized carbons (Fsp3) is 0.300. The van der Waals surface area contributed by atoms with Gasteiger partial charge in [-0.25, -0.2) is 4.98 Å². The Hall–Kier alpha value is -2.40. The maximum absolute atomic E-state index is 13.4. The Morgan fingerprint density at radius 1 is 1.28 bits per heavy atom. The second-order valence-electron chi connectivity index (χ2n) is 6.33. The van der Waals surface area contributed by atoms with Gasteiger partial charge in [0.05, 0.1) is 12.2 Å². The predicted molar refractivity (Wildman–Crippen MR) is 100 cm³/mol. The van der Waals surface area contributed by atoms with Crippen molar-refractivity contribution in [2.24, 2.45) is 0 Å². The monoisotopic (exact) mass is 351 g/mol. The van der Waals surface area contributed by atoms with Crippen molar-refractivity contribution in [1.29, 1.82) is 0 Å². The summed E-state index contributed by atoms with van der Waals surface area (Å²) >= 11 is 1.80. The van der Waals surface area contributed by atoms with Crippen LogP contribution in [0.4, 0.5) is 0 Å². The van der Waals surface area contributed by atoms with Gasteiger partial charge in [-0.2, -0.15) is 0 Å². The van der Waals surface area contributed by atoms with Gasteiger partial charge in [-0.15, -0.1) is 11.3 Å². The summed E-state index contributed by atoms with van der Waals surface area (Å²) in [6, 6.07) is 12.3. The number of nitrogens with zero attached hydrogens (tertiary/aromatic N) is 3. The summed E-state index contributed by atoms with van der Waals surface area (Å²) in [5.74, 6) is 0.893. The Bertz CT molecular complexity index is 897. The molecule has 1 aliphatic heterocycles. The van der Waals surface area contributed by atoms with Crippen LogP contribution in [-0.4, -0.2) is 26.9 Å². The first-order chi connectivity index (χ1) is 12.2. The highest BCUT2D eigenvalue weighted by molar-refractivity contribution is 7.10. The van der Waals surface area contributed by atoms with Gasteiger partial charge in [0.15, 0.2) is 0 Å². The van der Waals surface area contributed by atoms with Gasteiger partial charge >= 0.3 is 0 Å². The smallest absolute Gasteiger partial charge is 0.273 e. The van der Waals surface area contributed by atoms with Gasteiger partial charge in [0.2, 0.25) is 0 Å². The Balaban J connectivity index is 1.73. The molecule has 1 amide bonds. The molecular formula is C20H21N3OS. The number of rotatable bonds is 3. The third-order valence-electron chi connectivity index (χ3n) is 4.91. The van der Waals surface area contributed by atoms with Gasteiger partial charge in [-0.1, -0.05) is 25.1 Å². The molecule has 1 atom stereocenters. The first-order valence-electron chi connectivity index (χ1n) is 8.67. The van der Waals surface area contributed by atoms with E-state index in [1.54, 1.807) is 17.5 Å². The van der Waals surface area contributed by atoms with Crippen LogP contribution in [0.5, 0.6) is 0 Å². The number of carbonyl (C=O) groups excluding carboxylic acids is 1. The minimum atomic E-state index is 0.0631. The van der Waals surface area contributed by atoms with Crippen molar-refractivity contribution in [3.05, 3.63) is 69.9 Å². The van der Waals surface area contributed by atoms with Gasteiger partial charge in [0, 0.05) is 17.1 Å². The second kappa shape index (κ2) is 6.48. The van der Waals surface area contributed by atoms with Crippen LogP contribution >= 0.6 is 11.3 Å². The highest BCUT2D eigenvalue weighted by atomic mass is 32.1.